The van der Waals surface area contributed by atoms with E-state index in [1.165, 1.54) is 0 Å². The molecule has 680 valence electrons. The van der Waals surface area contributed by atoms with E-state index in [-0.39, 0.29) is 175 Å². The van der Waals surface area contributed by atoms with Gasteiger partial charge in [0.2, 0.25) is 5.79 Å². The van der Waals surface area contributed by atoms with Gasteiger partial charge < -0.3 is 212 Å². The van der Waals surface area contributed by atoms with Crippen molar-refractivity contribution in [2.45, 2.75) is 54.8 Å². The molecule has 1 unspecified atom stereocenters. The fourth-order valence-corrected chi connectivity index (χ4v) is 7.68. The third-order valence-corrected chi connectivity index (χ3v) is 9.28. The van der Waals surface area contributed by atoms with E-state index in [4.69, 9.17) is 23.3 Å². The molecule has 0 saturated carbocycles. The molecule has 0 bridgehead atoms. The van der Waals surface area contributed by atoms with Crippen molar-refractivity contribution in [2.24, 2.45) is 0 Å². The molecular weight excluding hydrogens is 2030 g/mol. The van der Waals surface area contributed by atoms with Gasteiger partial charge in [-0.15, -0.1) is 0 Å². The average Bonchev–Trinajstić information content (AvgIpc) is 1.51. The molecular formula is C12H86Al16O75S8. The second-order valence-corrected chi connectivity index (χ2v) is 28.0. The third-order valence-electron chi connectivity index (χ3n) is 5.68. The molecule has 0 aliphatic carbocycles. The van der Waals surface area contributed by atoms with Crippen molar-refractivity contribution in [1.29, 1.82) is 0 Å². The molecule has 0 spiro atoms. The molecule has 99 heteroatoms. The Balaban J connectivity index is -0.0000000223. The zero-order chi connectivity index (χ0) is 64.7. The van der Waals surface area contributed by atoms with Crippen molar-refractivity contribution in [1.82, 2.24) is 0 Å². The molecule has 2 aliphatic heterocycles. The topological polar surface area (TPSA) is 1620 Å². The summed E-state index contributed by atoms with van der Waals surface area (Å²) in [4.78, 5) is 0. The summed E-state index contributed by atoms with van der Waals surface area (Å²) in [5.74, 6) is -4.12. The lowest BCUT2D eigenvalue weighted by Gasteiger charge is -2.45. The highest BCUT2D eigenvalue weighted by molar-refractivity contribution is 7.82. The van der Waals surface area contributed by atoms with E-state index in [0.29, 0.717) is 0 Å². The third kappa shape index (κ3) is 170. The van der Waals surface area contributed by atoms with Crippen LogP contribution in [0.15, 0.2) is 0 Å². The molecule has 2 aliphatic rings. The van der Waals surface area contributed by atoms with E-state index in [1.807, 2.05) is 266 Å². The van der Waals surface area contributed by atoms with Gasteiger partial charge in [-0.2, -0.15) is 67.3 Å². The Morgan fingerprint density at radius 3 is 0.622 bits per heavy atom. The lowest BCUT2D eigenvalue weighted by Crippen LogP contribution is -2.65. The van der Waals surface area contributed by atoms with E-state index in [1.54, 1.807) is 0 Å². The Kier molecular flexibility index (Phi) is 318. The van der Waals surface area contributed by atoms with Crippen molar-refractivity contribution >= 4 is 349 Å². The minimum Gasteiger partial charge on any atom is -0.663 e. The summed E-state index contributed by atoms with van der Waals surface area (Å²) in [6, 6.07) is 0. The van der Waals surface area contributed by atoms with Crippen LogP contribution in [0.2, 0.25) is 0 Å². The SMILES string of the molecule is O.O.O.O.O.O.O.O.O.O.O.O.O.O.O.O.O.O.O.O.O.O.O.O.O.O.O.O.O.O.O.O.O=S(=O)(O)OC[C@H]1OC(COS(=O)(=O)O)(O[C@@H]2O[C@H](COS(=O)(=O)O)[C@@H](OS(=O)(=O)O)[C@H](OS(=O)(=O)O)[C@H]2OS(=O)(=O)O)[C@@H](OS(=O)(=O)O)[C@@H]1OS(=O)(=O)O.[Al][O][Al].[Al][O][Al].[Al][O][Al].[Al][O][Al].[Al][O][Al].[Al][O][Al].[Al][O][Al].[Al][O][Al]. The molecule has 0 amide bonds. The fourth-order valence-electron chi connectivity index (χ4n) is 4.24. The molecule has 0 aromatic carbocycles. The van der Waals surface area contributed by atoms with E-state index in [2.05, 4.69) is 56.2 Å². The first-order valence-electron chi connectivity index (χ1n) is 16.1. The minimum absolute atomic E-state index is 0. The van der Waals surface area contributed by atoms with Crippen LogP contribution in [-0.2, 0) is 154 Å². The summed E-state index contributed by atoms with van der Waals surface area (Å²) < 4.78 is 340. The van der Waals surface area contributed by atoms with Crippen LogP contribution in [0.4, 0.5) is 0 Å². The highest BCUT2D eigenvalue weighted by Gasteiger charge is 2.65. The number of rotatable bonds is 21. The molecule has 75 nitrogen and oxygen atoms in total. The fraction of sp³-hybridized carbons (Fsp3) is 1.00. The maximum Gasteiger partial charge on any atom is 0.397 e. The van der Waals surface area contributed by atoms with Crippen LogP contribution in [0.25, 0.3) is 0 Å². The van der Waals surface area contributed by atoms with Crippen LogP contribution in [0.1, 0.15) is 0 Å². The number of hydrogen-bond acceptors (Lipinski definition) is 35. The lowest BCUT2D eigenvalue weighted by molar-refractivity contribution is -0.374. The first-order chi connectivity index (χ1) is 35.5. The molecule has 2 fully saturated rings. The van der Waals surface area contributed by atoms with Crippen LogP contribution in [0, 0.1) is 0 Å². The molecule has 72 N–H and O–H groups in total. The van der Waals surface area contributed by atoms with Gasteiger partial charge in [-0.1, -0.05) is 0 Å². The molecule has 0 aromatic rings. The van der Waals surface area contributed by atoms with Crippen molar-refractivity contribution in [3.8, 4) is 0 Å². The van der Waals surface area contributed by atoms with Gasteiger partial charge in [0.1, 0.15) is 37.1 Å². The number of ether oxygens (including phenoxy) is 3. The van der Waals surface area contributed by atoms with Gasteiger partial charge in [-0.05, 0) is 0 Å². The summed E-state index contributed by atoms with van der Waals surface area (Å²) >= 11 is 32.7. The highest BCUT2D eigenvalue weighted by atomic mass is 32.3. The van der Waals surface area contributed by atoms with Crippen molar-refractivity contribution in [3.05, 3.63) is 0 Å². The second-order valence-electron chi connectivity index (χ2n) is 10.7. The smallest absolute Gasteiger partial charge is 0.397 e. The Bertz CT molecular complexity index is 2480. The number of hydrogen-bond donors (Lipinski definition) is 8. The maximum atomic E-state index is 11.9. The van der Waals surface area contributed by atoms with E-state index in [9.17, 15) is 94.7 Å². The van der Waals surface area contributed by atoms with Gasteiger partial charge in [0.05, 0.1) is 13.2 Å². The summed E-state index contributed by atoms with van der Waals surface area (Å²) in [6.45, 7) is -6.25. The zero-order valence-corrected chi connectivity index (χ0v) is 78.6. The van der Waals surface area contributed by atoms with Crippen molar-refractivity contribution in [2.75, 3.05) is 19.8 Å². The molecule has 32 radical (unpaired) electrons. The Morgan fingerprint density at radius 2 is 0.423 bits per heavy atom. The van der Waals surface area contributed by atoms with Crippen LogP contribution in [0.5, 0.6) is 0 Å². The second kappa shape index (κ2) is 136. The standard InChI is InChI=1S/C12H22O35S8.16Al.32H2O.8O/c13-48(14,15)37-1-4-6(43-51(22,23)24)8(45-53(28,29)30)9(46-54(31,32)33)11(40-4)42-12(3-39-50(19,20)21)10(47-55(34,35)36)7(44-52(25,26)27)5(41-12)2-38-49(16,17)18;;;;;;;;;;;;;;;;;;;;;;;;;;;;;;;;;;;;;;;;;;;;;;;;;;;;;;;;/h4-11H,1-3H2,(H,13,14,15)(H,16,17,18)(H,19,20,21)(H,22,23,24)(H,25,26,27)(H,28,29,30)(H,31,32,33)(H,34,35,36);;;;;;;;;;;;;;;;;32*1H2;;;;;;;;/t4-,5-,6-,7-,8+,9-,10+,11+,12?;;;;;;;;;;;;;;;;;;;;;;;;;;;;;;;;;;;;;;;;;;;;;;;;;;;;;;;;/m1......................................................../s1. The van der Waals surface area contributed by atoms with Gasteiger partial charge in [-0.25, -0.2) is 33.5 Å². The van der Waals surface area contributed by atoms with E-state index in [0.717, 1.165) is 0 Å². The monoisotopic (exact) mass is 2120 g/mol. The molecule has 2 heterocycles. The van der Waals surface area contributed by atoms with Gasteiger partial charge in [0, 0.05) is 0 Å². The van der Waals surface area contributed by atoms with Crippen LogP contribution in [0.3, 0.4) is 0 Å². The van der Waals surface area contributed by atoms with Gasteiger partial charge >= 0.3 is 349 Å². The molecule has 2 saturated heterocycles. The molecule has 9 atom stereocenters. The normalized spacial score (nSPS) is 16.4. The quantitative estimate of drug-likeness (QED) is 0.0391. The summed E-state index contributed by atoms with van der Waals surface area (Å²) in [5.41, 5.74) is 0. The van der Waals surface area contributed by atoms with Crippen molar-refractivity contribution < 1.29 is 349 Å². The summed E-state index contributed by atoms with van der Waals surface area (Å²) in [5, 5.41) is 0. The summed E-state index contributed by atoms with van der Waals surface area (Å²) in [7, 11) is -48.3. The van der Waals surface area contributed by atoms with Crippen molar-refractivity contribution in [3.63, 3.8) is 0 Å². The predicted octanol–water partition coefficient (Wildman–Crippen LogP) is -39.8. The minimum atomic E-state index is -6.24. The largest absolute Gasteiger partial charge is 0.663 e. The van der Waals surface area contributed by atoms with Crippen LogP contribution < -0.4 is 0 Å². The van der Waals surface area contributed by atoms with Gasteiger partial charge in [0.25, 0.3) is 0 Å². The lowest BCUT2D eigenvalue weighted by atomic mass is 9.99. The summed E-state index contributed by atoms with van der Waals surface area (Å²) in [6.07, 6.45) is -26.0. The Morgan fingerprint density at radius 1 is 0.243 bits per heavy atom. The maximum absolute atomic E-state index is 11.9. The highest BCUT2D eigenvalue weighted by Crippen LogP contribution is 2.43. The molecule has 111 heavy (non-hydrogen) atoms. The Hall–Kier alpha value is 5.76. The van der Waals surface area contributed by atoms with Gasteiger partial charge in [0.15, 0.2) is 18.5 Å². The molecule has 2 rings (SSSR count). The van der Waals surface area contributed by atoms with Gasteiger partial charge in [-0.3, -0.25) is 36.4 Å². The van der Waals surface area contributed by atoms with E-state index >= 15 is 0 Å². The predicted molar refractivity (Wildman–Crippen MR) is 368 cm³/mol. The molecule has 0 aromatic heterocycles. The first kappa shape index (κ1) is 259. The average molecular weight is 2120 g/mol. The Labute approximate surface area is 764 Å². The first-order valence-corrected chi connectivity index (χ1v) is 34.5. The van der Waals surface area contributed by atoms with Crippen LogP contribution in [-0.4, -0.2) is 620 Å². The zero-order valence-electron chi connectivity index (χ0n) is 53.6. The van der Waals surface area contributed by atoms with Crippen LogP contribution >= 0.6 is 0 Å². The van der Waals surface area contributed by atoms with E-state index < -0.39 is 158 Å².